The molecule has 2 heterocycles. The molecule has 1 saturated heterocycles. The van der Waals surface area contributed by atoms with Crippen molar-refractivity contribution in [2.45, 2.75) is 39.3 Å². The van der Waals surface area contributed by atoms with Gasteiger partial charge in [0.05, 0.1) is 18.8 Å². The van der Waals surface area contributed by atoms with E-state index in [1.807, 2.05) is 13.0 Å². The molecule has 1 aliphatic rings. The molecule has 1 aromatic heterocycles. The summed E-state index contributed by atoms with van der Waals surface area (Å²) in [5.41, 5.74) is 7.17. The Kier molecular flexibility index (Phi) is 6.69. The van der Waals surface area contributed by atoms with E-state index in [4.69, 9.17) is 10.5 Å². The minimum Gasteiger partial charge on any atom is -0.450 e. The molecule has 29 heavy (non-hydrogen) atoms. The molecule has 8 nitrogen and oxygen atoms in total. The Hall–Kier alpha value is -3.10. The maximum absolute atomic E-state index is 14.5. The standard InChI is InChI=1S/C20H27FN6O2/c1-3-29-20(28)26-9-6-16(7-10-26)25-19(22)24-13-15-4-5-18(17(21)12-15)27-11-8-23-14(27)2/h4-5,8,11-12,16H,3,6-7,9-10,13H2,1-2H3,(H3,22,24,25). The molecule has 1 amide bonds. The summed E-state index contributed by atoms with van der Waals surface area (Å²) < 4.78 is 21.2. The maximum atomic E-state index is 14.5. The van der Waals surface area contributed by atoms with Crippen LogP contribution in [0.4, 0.5) is 9.18 Å². The van der Waals surface area contributed by atoms with Gasteiger partial charge in [0.25, 0.3) is 0 Å². The first-order valence-electron chi connectivity index (χ1n) is 9.74. The van der Waals surface area contributed by atoms with Gasteiger partial charge in [-0.15, -0.1) is 0 Å². The van der Waals surface area contributed by atoms with E-state index in [2.05, 4.69) is 15.3 Å². The number of benzene rings is 1. The lowest BCUT2D eigenvalue weighted by Crippen LogP contribution is -2.48. The summed E-state index contributed by atoms with van der Waals surface area (Å²) in [6.07, 6.45) is 4.62. The zero-order valence-electron chi connectivity index (χ0n) is 16.8. The van der Waals surface area contributed by atoms with Crippen molar-refractivity contribution in [3.05, 3.63) is 47.8 Å². The number of carbonyl (C=O) groups is 1. The molecule has 0 radical (unpaired) electrons. The van der Waals surface area contributed by atoms with Crippen LogP contribution in [0.3, 0.4) is 0 Å². The Balaban J connectivity index is 1.52. The minimum absolute atomic E-state index is 0.146. The van der Waals surface area contributed by atoms with Crippen molar-refractivity contribution in [3.8, 4) is 5.69 Å². The number of hydrogen-bond donors (Lipinski definition) is 2. The molecule has 0 bridgehead atoms. The highest BCUT2D eigenvalue weighted by molar-refractivity contribution is 5.78. The number of nitrogens with two attached hydrogens (primary N) is 1. The van der Waals surface area contributed by atoms with Crippen LogP contribution in [0.5, 0.6) is 0 Å². The van der Waals surface area contributed by atoms with E-state index in [1.54, 1.807) is 34.9 Å². The topological polar surface area (TPSA) is 97.8 Å². The molecule has 0 unspecified atom stereocenters. The lowest BCUT2D eigenvalue weighted by Gasteiger charge is -2.31. The molecule has 3 rings (SSSR count). The van der Waals surface area contributed by atoms with Crippen LogP contribution in [0, 0.1) is 12.7 Å². The number of nitrogens with one attached hydrogen (secondary N) is 1. The summed E-state index contributed by atoms with van der Waals surface area (Å²) >= 11 is 0. The zero-order chi connectivity index (χ0) is 20.8. The molecule has 0 atom stereocenters. The van der Waals surface area contributed by atoms with Crippen molar-refractivity contribution in [2.75, 3.05) is 19.7 Å². The summed E-state index contributed by atoms with van der Waals surface area (Å²) in [5, 5.41) is 3.18. The molecule has 0 saturated carbocycles. The number of likely N-dealkylation sites (tertiary alicyclic amines) is 1. The molecule has 156 valence electrons. The summed E-state index contributed by atoms with van der Waals surface area (Å²) in [6.45, 7) is 5.50. The molecule has 1 fully saturated rings. The number of ether oxygens (including phenoxy) is 1. The first-order chi connectivity index (χ1) is 14.0. The van der Waals surface area contributed by atoms with Crippen molar-refractivity contribution in [1.82, 2.24) is 19.8 Å². The second-order valence-corrected chi connectivity index (χ2v) is 6.94. The Morgan fingerprint density at radius 2 is 2.17 bits per heavy atom. The van der Waals surface area contributed by atoms with Crippen LogP contribution in [0.2, 0.25) is 0 Å². The third-order valence-electron chi connectivity index (χ3n) is 4.90. The number of halogens is 1. The molecular weight excluding hydrogens is 375 g/mol. The number of rotatable bonds is 5. The van der Waals surface area contributed by atoms with Crippen LogP contribution in [-0.2, 0) is 11.3 Å². The van der Waals surface area contributed by atoms with Gasteiger partial charge >= 0.3 is 6.09 Å². The summed E-state index contributed by atoms with van der Waals surface area (Å²) in [6, 6.07) is 5.15. The van der Waals surface area contributed by atoms with Crippen LogP contribution in [-0.4, -0.2) is 52.2 Å². The zero-order valence-corrected chi connectivity index (χ0v) is 16.8. The number of aryl methyl sites for hydroxylation is 1. The van der Waals surface area contributed by atoms with Gasteiger partial charge in [0.1, 0.15) is 11.6 Å². The quantitative estimate of drug-likeness (QED) is 0.591. The first kappa shape index (κ1) is 20.6. The van der Waals surface area contributed by atoms with Gasteiger partial charge in [0.15, 0.2) is 5.96 Å². The number of imidazole rings is 1. The largest absolute Gasteiger partial charge is 0.450 e. The second-order valence-electron chi connectivity index (χ2n) is 6.94. The fourth-order valence-corrected chi connectivity index (χ4v) is 3.33. The molecule has 0 spiro atoms. The Morgan fingerprint density at radius 3 is 2.79 bits per heavy atom. The molecule has 2 aromatic rings. The fraction of sp³-hybridized carbons (Fsp3) is 0.450. The predicted octanol–water partition coefficient (Wildman–Crippen LogP) is 2.35. The lowest BCUT2D eigenvalue weighted by molar-refractivity contribution is 0.0963. The van der Waals surface area contributed by atoms with Gasteiger partial charge in [-0.1, -0.05) is 6.07 Å². The van der Waals surface area contributed by atoms with E-state index >= 15 is 0 Å². The molecule has 0 aliphatic carbocycles. The van der Waals surface area contributed by atoms with E-state index in [0.717, 1.165) is 24.2 Å². The number of aromatic nitrogens is 2. The Morgan fingerprint density at radius 1 is 1.41 bits per heavy atom. The van der Waals surface area contributed by atoms with Gasteiger partial charge < -0.3 is 25.3 Å². The second kappa shape index (κ2) is 9.40. The number of carbonyl (C=O) groups excluding carboxylic acids is 1. The third-order valence-corrected chi connectivity index (χ3v) is 4.90. The van der Waals surface area contributed by atoms with Gasteiger partial charge in [-0.3, -0.25) is 0 Å². The minimum atomic E-state index is -0.336. The molecule has 1 aliphatic heterocycles. The SMILES string of the molecule is CCOC(=O)N1CCC(NC(N)=NCc2ccc(-n3ccnc3C)c(F)c2)CC1. The summed E-state index contributed by atoms with van der Waals surface area (Å²) in [5.74, 6) is 0.698. The smallest absolute Gasteiger partial charge is 0.409 e. The highest BCUT2D eigenvalue weighted by Crippen LogP contribution is 2.17. The highest BCUT2D eigenvalue weighted by Gasteiger charge is 2.23. The van der Waals surface area contributed by atoms with E-state index in [1.165, 1.54) is 6.07 Å². The van der Waals surface area contributed by atoms with Gasteiger partial charge in [0, 0.05) is 31.5 Å². The molecular formula is C20H27FN6O2. The van der Waals surface area contributed by atoms with E-state index in [9.17, 15) is 9.18 Å². The van der Waals surface area contributed by atoms with Crippen LogP contribution >= 0.6 is 0 Å². The first-order valence-corrected chi connectivity index (χ1v) is 9.74. The van der Waals surface area contributed by atoms with Crippen LogP contribution in [0.15, 0.2) is 35.6 Å². The highest BCUT2D eigenvalue weighted by atomic mass is 19.1. The van der Waals surface area contributed by atoms with Crippen molar-refractivity contribution in [3.63, 3.8) is 0 Å². The summed E-state index contributed by atoms with van der Waals surface area (Å²) in [7, 11) is 0. The number of hydrogen-bond acceptors (Lipinski definition) is 4. The summed E-state index contributed by atoms with van der Waals surface area (Å²) in [4.78, 5) is 21.9. The van der Waals surface area contributed by atoms with E-state index in [-0.39, 0.29) is 24.5 Å². The predicted molar refractivity (Wildman–Crippen MR) is 108 cm³/mol. The normalized spacial score (nSPS) is 15.4. The van der Waals surface area contributed by atoms with Gasteiger partial charge in [-0.2, -0.15) is 0 Å². The Bertz CT molecular complexity index is 874. The van der Waals surface area contributed by atoms with E-state index in [0.29, 0.717) is 31.3 Å². The van der Waals surface area contributed by atoms with Gasteiger partial charge in [-0.05, 0) is 44.4 Å². The van der Waals surface area contributed by atoms with Crippen molar-refractivity contribution < 1.29 is 13.9 Å². The molecule has 3 N–H and O–H groups in total. The lowest BCUT2D eigenvalue weighted by atomic mass is 10.1. The maximum Gasteiger partial charge on any atom is 0.409 e. The average molecular weight is 402 g/mol. The number of aliphatic imine (C=N–C) groups is 1. The number of piperidine rings is 1. The molecule has 9 heteroatoms. The van der Waals surface area contributed by atoms with E-state index < -0.39 is 0 Å². The third kappa shape index (κ3) is 5.24. The molecule has 1 aromatic carbocycles. The number of amides is 1. The van der Waals surface area contributed by atoms with Crippen molar-refractivity contribution in [1.29, 1.82) is 0 Å². The van der Waals surface area contributed by atoms with Crippen molar-refractivity contribution in [2.24, 2.45) is 10.7 Å². The van der Waals surface area contributed by atoms with Gasteiger partial charge in [-0.25, -0.2) is 19.2 Å². The number of guanidine groups is 1. The van der Waals surface area contributed by atoms with Crippen molar-refractivity contribution >= 4 is 12.1 Å². The van der Waals surface area contributed by atoms with Crippen LogP contribution in [0.1, 0.15) is 31.2 Å². The monoisotopic (exact) mass is 402 g/mol. The Labute approximate surface area is 169 Å². The number of nitrogens with zero attached hydrogens (tertiary/aromatic N) is 4. The van der Waals surface area contributed by atoms with Crippen LogP contribution < -0.4 is 11.1 Å². The van der Waals surface area contributed by atoms with Crippen LogP contribution in [0.25, 0.3) is 5.69 Å². The van der Waals surface area contributed by atoms with Gasteiger partial charge in [0.2, 0.25) is 0 Å². The fourth-order valence-electron chi connectivity index (χ4n) is 3.33. The average Bonchev–Trinajstić information content (AvgIpc) is 3.13.